The fraction of sp³-hybridized carbons (Fsp3) is 0.391. The maximum atomic E-state index is 13.5. The van der Waals surface area contributed by atoms with Gasteiger partial charge in [0.2, 0.25) is 0 Å². The number of pyridine rings is 1. The lowest BCUT2D eigenvalue weighted by Crippen LogP contribution is -2.49. The molecule has 166 valence electrons. The Bertz CT molecular complexity index is 1280. The molecule has 9 heteroatoms. The molecular weight excluding hydrogens is 412 g/mol. The molecule has 9 nitrogen and oxygen atoms in total. The highest BCUT2D eigenvalue weighted by Crippen LogP contribution is 2.36. The van der Waals surface area contributed by atoms with E-state index in [4.69, 9.17) is 4.74 Å². The van der Waals surface area contributed by atoms with Gasteiger partial charge >= 0.3 is 11.2 Å². The Morgan fingerprint density at radius 3 is 2.81 bits per heavy atom. The summed E-state index contributed by atoms with van der Waals surface area (Å²) in [4.78, 5) is 38.5. The maximum absolute atomic E-state index is 13.5. The zero-order valence-corrected chi connectivity index (χ0v) is 17.8. The van der Waals surface area contributed by atoms with Crippen LogP contribution >= 0.6 is 0 Å². The lowest BCUT2D eigenvalue weighted by Gasteiger charge is -2.42. The van der Waals surface area contributed by atoms with E-state index in [-0.39, 0.29) is 17.7 Å². The van der Waals surface area contributed by atoms with Gasteiger partial charge in [0, 0.05) is 73.6 Å². The van der Waals surface area contributed by atoms with E-state index in [2.05, 4.69) is 4.57 Å². The van der Waals surface area contributed by atoms with Crippen LogP contribution in [0.15, 0.2) is 47.4 Å². The highest BCUT2D eigenvalue weighted by Gasteiger charge is 2.38. The topological polar surface area (TPSA) is 99.6 Å². The van der Waals surface area contributed by atoms with Crippen molar-refractivity contribution in [3.8, 4) is 0 Å². The number of carbonyl (C=O) groups is 1. The van der Waals surface area contributed by atoms with Crippen LogP contribution in [0.2, 0.25) is 0 Å². The monoisotopic (exact) mass is 436 g/mol. The number of hydrogen-bond acceptors (Lipinski definition) is 5. The third-order valence-corrected chi connectivity index (χ3v) is 6.65. The molecule has 0 unspecified atom stereocenters. The summed E-state index contributed by atoms with van der Waals surface area (Å²) < 4.78 is 8.80. The molecule has 0 saturated carbocycles. The third kappa shape index (κ3) is 3.29. The standard InChI is InChI=1S/C23H24N4O5/c1-32-10-9-24-8-7-17-18(3-2-4-20(17)24)22(28)25-12-15-11-16(14-25)19-5-6-21(27(30)31)23(29)26(19)13-15/h2-8,15-16H,9-14H2,1H3/t15-,16+/m0/s1. The molecule has 2 bridgehead atoms. The van der Waals surface area contributed by atoms with E-state index in [1.807, 2.05) is 35.4 Å². The quantitative estimate of drug-likeness (QED) is 0.452. The van der Waals surface area contributed by atoms with Crippen molar-refractivity contribution in [1.29, 1.82) is 0 Å². The van der Waals surface area contributed by atoms with Crippen molar-refractivity contribution in [2.24, 2.45) is 5.92 Å². The molecule has 1 amide bonds. The molecule has 2 aromatic heterocycles. The number of likely N-dealkylation sites (tertiary alicyclic amines) is 1. The van der Waals surface area contributed by atoms with Crippen molar-refractivity contribution >= 4 is 22.5 Å². The van der Waals surface area contributed by atoms with E-state index in [9.17, 15) is 19.7 Å². The Morgan fingerprint density at radius 1 is 1.19 bits per heavy atom. The summed E-state index contributed by atoms with van der Waals surface area (Å²) in [6.07, 6.45) is 2.85. The highest BCUT2D eigenvalue weighted by molar-refractivity contribution is 6.06. The minimum absolute atomic E-state index is 0.00883. The minimum atomic E-state index is -0.630. The summed E-state index contributed by atoms with van der Waals surface area (Å²) in [6.45, 7) is 2.73. The molecule has 1 saturated heterocycles. The van der Waals surface area contributed by atoms with E-state index in [0.29, 0.717) is 38.3 Å². The normalized spacial score (nSPS) is 19.7. The van der Waals surface area contributed by atoms with Gasteiger partial charge in [0.1, 0.15) is 0 Å². The predicted molar refractivity (Wildman–Crippen MR) is 118 cm³/mol. The number of carbonyl (C=O) groups excluding carboxylic acids is 1. The molecule has 0 radical (unpaired) electrons. The van der Waals surface area contributed by atoms with Gasteiger partial charge in [0.15, 0.2) is 0 Å². The number of aromatic nitrogens is 2. The van der Waals surface area contributed by atoms with Crippen LogP contribution < -0.4 is 5.56 Å². The molecule has 2 aliphatic heterocycles. The second-order valence-corrected chi connectivity index (χ2v) is 8.57. The second kappa shape index (κ2) is 7.90. The molecule has 0 N–H and O–H groups in total. The first-order valence-electron chi connectivity index (χ1n) is 10.7. The van der Waals surface area contributed by atoms with E-state index in [1.54, 1.807) is 13.2 Å². The fourth-order valence-corrected chi connectivity index (χ4v) is 5.20. The van der Waals surface area contributed by atoms with Gasteiger partial charge in [-0.2, -0.15) is 0 Å². The zero-order chi connectivity index (χ0) is 22.4. The van der Waals surface area contributed by atoms with E-state index >= 15 is 0 Å². The SMILES string of the molecule is COCCn1ccc2c(C(=O)N3C[C@@H]4C[C@H](C3)c3ccc([N+](=O)[O-])c(=O)n3C4)cccc21. The number of methoxy groups -OCH3 is 1. The van der Waals surface area contributed by atoms with Crippen LogP contribution in [0, 0.1) is 16.0 Å². The predicted octanol–water partition coefficient (Wildman–Crippen LogP) is 2.62. The van der Waals surface area contributed by atoms with Gasteiger partial charge < -0.3 is 18.8 Å². The lowest BCUT2D eigenvalue weighted by atomic mass is 9.83. The van der Waals surface area contributed by atoms with Crippen LogP contribution in [0.1, 0.15) is 28.4 Å². The van der Waals surface area contributed by atoms with Gasteiger partial charge in [0.25, 0.3) is 5.91 Å². The molecule has 4 heterocycles. The van der Waals surface area contributed by atoms with Gasteiger partial charge in [-0.15, -0.1) is 0 Å². The van der Waals surface area contributed by atoms with Crippen LogP contribution in [-0.2, 0) is 17.8 Å². The Morgan fingerprint density at radius 2 is 2.03 bits per heavy atom. The number of amides is 1. The number of nitrogens with zero attached hydrogens (tertiary/aromatic N) is 4. The average molecular weight is 436 g/mol. The Labute approximate surface area is 184 Å². The number of benzene rings is 1. The summed E-state index contributed by atoms with van der Waals surface area (Å²) in [5, 5.41) is 12.1. The first-order valence-corrected chi connectivity index (χ1v) is 10.7. The summed E-state index contributed by atoms with van der Waals surface area (Å²) in [7, 11) is 1.66. The summed E-state index contributed by atoms with van der Waals surface area (Å²) >= 11 is 0. The zero-order valence-electron chi connectivity index (χ0n) is 17.8. The van der Waals surface area contributed by atoms with Crippen molar-refractivity contribution in [2.75, 3.05) is 26.8 Å². The first-order chi connectivity index (χ1) is 15.5. The maximum Gasteiger partial charge on any atom is 0.334 e. The Hall–Kier alpha value is -3.46. The minimum Gasteiger partial charge on any atom is -0.383 e. The smallest absolute Gasteiger partial charge is 0.334 e. The fourth-order valence-electron chi connectivity index (χ4n) is 5.20. The summed E-state index contributed by atoms with van der Waals surface area (Å²) in [6, 6.07) is 10.7. The van der Waals surface area contributed by atoms with Crippen molar-refractivity contribution in [3.63, 3.8) is 0 Å². The molecule has 3 aromatic rings. The van der Waals surface area contributed by atoms with Gasteiger partial charge in [0.05, 0.1) is 11.5 Å². The van der Waals surface area contributed by atoms with Gasteiger partial charge in [-0.25, -0.2) is 0 Å². The van der Waals surface area contributed by atoms with Gasteiger partial charge in [-0.1, -0.05) is 6.07 Å². The third-order valence-electron chi connectivity index (χ3n) is 6.65. The molecule has 32 heavy (non-hydrogen) atoms. The average Bonchev–Trinajstić information content (AvgIpc) is 3.20. The molecule has 0 spiro atoms. The molecule has 1 fully saturated rings. The van der Waals surface area contributed by atoms with Gasteiger partial charge in [-0.3, -0.25) is 19.7 Å². The number of fused-ring (bicyclic) bond motifs is 5. The number of piperidine rings is 1. The summed E-state index contributed by atoms with van der Waals surface area (Å²) in [5.74, 6) is 0.0633. The van der Waals surface area contributed by atoms with E-state index < -0.39 is 16.2 Å². The molecule has 2 aliphatic rings. The van der Waals surface area contributed by atoms with Crippen molar-refractivity contribution in [2.45, 2.75) is 25.4 Å². The number of ether oxygens (including phenoxy) is 1. The van der Waals surface area contributed by atoms with Crippen molar-refractivity contribution in [3.05, 3.63) is 74.3 Å². The van der Waals surface area contributed by atoms with Crippen LogP contribution in [-0.4, -0.2) is 51.7 Å². The largest absolute Gasteiger partial charge is 0.383 e. The van der Waals surface area contributed by atoms with Crippen LogP contribution in [0.25, 0.3) is 10.9 Å². The van der Waals surface area contributed by atoms with Gasteiger partial charge in [-0.05, 0) is 36.6 Å². The molecule has 2 atom stereocenters. The van der Waals surface area contributed by atoms with Crippen LogP contribution in [0.3, 0.4) is 0 Å². The molecule has 5 rings (SSSR count). The van der Waals surface area contributed by atoms with E-state index in [1.165, 1.54) is 10.6 Å². The second-order valence-electron chi connectivity index (χ2n) is 8.57. The first kappa shape index (κ1) is 20.4. The van der Waals surface area contributed by atoms with Crippen molar-refractivity contribution in [1.82, 2.24) is 14.0 Å². The Balaban J connectivity index is 1.44. The van der Waals surface area contributed by atoms with Crippen LogP contribution in [0.4, 0.5) is 5.69 Å². The molecular formula is C23H24N4O5. The van der Waals surface area contributed by atoms with Crippen molar-refractivity contribution < 1.29 is 14.5 Å². The number of hydrogen-bond donors (Lipinski definition) is 0. The molecule has 1 aromatic carbocycles. The summed E-state index contributed by atoms with van der Waals surface area (Å²) in [5.41, 5.74) is 1.49. The highest BCUT2D eigenvalue weighted by atomic mass is 16.6. The van der Waals surface area contributed by atoms with Crippen LogP contribution in [0.5, 0.6) is 0 Å². The number of rotatable bonds is 5. The lowest BCUT2D eigenvalue weighted by molar-refractivity contribution is -0.386. The Kier molecular flexibility index (Phi) is 5.05. The van der Waals surface area contributed by atoms with E-state index in [0.717, 1.165) is 23.0 Å². The number of nitro groups is 1. The molecule has 0 aliphatic carbocycles.